The van der Waals surface area contributed by atoms with Crippen LogP contribution in [0.15, 0.2) is 5.16 Å². The Morgan fingerprint density at radius 3 is 2.56 bits per heavy atom. The van der Waals surface area contributed by atoms with E-state index in [9.17, 15) is 0 Å². The van der Waals surface area contributed by atoms with Crippen LogP contribution in [-0.2, 0) is 0 Å². The summed E-state index contributed by atoms with van der Waals surface area (Å²) >= 11 is 5.49. The summed E-state index contributed by atoms with van der Waals surface area (Å²) in [6.07, 6.45) is 1.55. The van der Waals surface area contributed by atoms with Crippen LogP contribution in [-0.4, -0.2) is 10.4 Å². The van der Waals surface area contributed by atoms with Crippen molar-refractivity contribution in [3.05, 3.63) is 6.92 Å². The number of halogens is 1. The first kappa shape index (κ1) is 8.63. The van der Waals surface area contributed by atoms with Gasteiger partial charge in [-0.1, -0.05) is 23.7 Å². The van der Waals surface area contributed by atoms with Crippen molar-refractivity contribution in [1.29, 1.82) is 0 Å². The molecule has 0 aromatic rings. The van der Waals surface area contributed by atoms with Crippen molar-refractivity contribution in [3.8, 4) is 0 Å². The molecule has 0 saturated carbocycles. The Morgan fingerprint density at radius 1 is 1.89 bits per heavy atom. The minimum absolute atomic E-state index is 0.122. The normalized spacial score (nSPS) is 15.6. The number of hydrogen-bond acceptors (Lipinski definition) is 2. The molecule has 0 amide bonds. The third-order valence-electron chi connectivity index (χ3n) is 1.27. The second-order valence-corrected chi connectivity index (χ2v) is 2.20. The third-order valence-corrected chi connectivity index (χ3v) is 1.66. The molecule has 0 heterocycles. The summed E-state index contributed by atoms with van der Waals surface area (Å²) in [4.78, 5) is 0. The van der Waals surface area contributed by atoms with Crippen LogP contribution in [0.3, 0.4) is 0 Å². The van der Waals surface area contributed by atoms with E-state index >= 15 is 0 Å². The second kappa shape index (κ2) is 4.50. The molecule has 0 aromatic carbocycles. The van der Waals surface area contributed by atoms with E-state index in [4.69, 9.17) is 16.8 Å². The van der Waals surface area contributed by atoms with Crippen molar-refractivity contribution in [2.45, 2.75) is 19.8 Å². The van der Waals surface area contributed by atoms with Crippen molar-refractivity contribution in [2.75, 3.05) is 0 Å². The van der Waals surface area contributed by atoms with Crippen LogP contribution in [0.25, 0.3) is 0 Å². The maximum Gasteiger partial charge on any atom is 0.152 e. The van der Waals surface area contributed by atoms with E-state index in [1.54, 1.807) is 0 Å². The predicted molar refractivity (Wildman–Crippen MR) is 38.8 cm³/mol. The minimum atomic E-state index is 0.122. The summed E-state index contributed by atoms with van der Waals surface area (Å²) < 4.78 is 0. The molecule has 52 valence electrons. The van der Waals surface area contributed by atoms with Gasteiger partial charge in [0.1, 0.15) is 0 Å². The smallest absolute Gasteiger partial charge is 0.152 e. The fourth-order valence-electron chi connectivity index (χ4n) is 0.573. The van der Waals surface area contributed by atoms with Crippen LogP contribution < -0.4 is 0 Å². The highest BCUT2D eigenvalue weighted by molar-refractivity contribution is 6.65. The van der Waals surface area contributed by atoms with E-state index in [0.717, 1.165) is 6.42 Å². The lowest BCUT2D eigenvalue weighted by molar-refractivity contribution is 0.316. The van der Waals surface area contributed by atoms with Gasteiger partial charge in [-0.25, -0.2) is 0 Å². The Kier molecular flexibility index (Phi) is 4.32. The monoisotopic (exact) mass is 148 g/mol. The number of oxime groups is 1. The molecule has 9 heavy (non-hydrogen) atoms. The molecule has 1 atom stereocenters. The molecule has 0 rings (SSSR count). The van der Waals surface area contributed by atoms with Gasteiger partial charge in [0.25, 0.3) is 0 Å². The average Bonchev–Trinajstić information content (AvgIpc) is 1.90. The summed E-state index contributed by atoms with van der Waals surface area (Å²) in [6, 6.07) is 0. The van der Waals surface area contributed by atoms with Crippen LogP contribution in [0, 0.1) is 12.8 Å². The zero-order valence-corrected chi connectivity index (χ0v) is 6.23. The Morgan fingerprint density at radius 2 is 2.44 bits per heavy atom. The molecule has 0 fully saturated rings. The topological polar surface area (TPSA) is 32.6 Å². The molecule has 1 N–H and O–H groups in total. The van der Waals surface area contributed by atoms with Crippen LogP contribution in [0.2, 0.25) is 0 Å². The van der Waals surface area contributed by atoms with Gasteiger partial charge in [-0.2, -0.15) is 0 Å². The zero-order chi connectivity index (χ0) is 7.28. The zero-order valence-electron chi connectivity index (χ0n) is 5.47. The highest BCUT2D eigenvalue weighted by Crippen LogP contribution is 2.11. The fourth-order valence-corrected chi connectivity index (χ4v) is 0.837. The van der Waals surface area contributed by atoms with Crippen molar-refractivity contribution >= 4 is 16.8 Å². The van der Waals surface area contributed by atoms with Gasteiger partial charge in [0, 0.05) is 0 Å². The molecule has 1 unspecified atom stereocenters. The molecule has 0 aliphatic rings. The lowest BCUT2D eigenvalue weighted by Crippen LogP contribution is -2.05. The summed E-state index contributed by atoms with van der Waals surface area (Å²) in [6.45, 7) is 5.63. The quantitative estimate of drug-likeness (QED) is 0.283. The summed E-state index contributed by atoms with van der Waals surface area (Å²) in [5.41, 5.74) is 0. The number of nitrogens with zero attached hydrogens (tertiary/aromatic N) is 1. The maximum atomic E-state index is 8.20. The lowest BCUT2D eigenvalue weighted by atomic mass is 10.1. The van der Waals surface area contributed by atoms with E-state index in [2.05, 4.69) is 12.1 Å². The van der Waals surface area contributed by atoms with E-state index in [0.29, 0.717) is 6.42 Å². The first-order valence-corrected chi connectivity index (χ1v) is 3.30. The molecular weight excluding hydrogens is 138 g/mol. The molecule has 2 nitrogen and oxygen atoms in total. The van der Waals surface area contributed by atoms with Crippen LogP contribution in [0.5, 0.6) is 0 Å². The van der Waals surface area contributed by atoms with Gasteiger partial charge in [-0.15, -0.1) is 0 Å². The summed E-state index contributed by atoms with van der Waals surface area (Å²) in [5.74, 6) is 0.122. The molecule has 0 aromatic heterocycles. The molecule has 0 aliphatic carbocycles. The first-order valence-electron chi connectivity index (χ1n) is 2.92. The van der Waals surface area contributed by atoms with Gasteiger partial charge in [-0.3, -0.25) is 0 Å². The standard InChI is InChI=1S/C6H10ClNO/c1-3-5(4-2)6(7)8-9/h5H,1,3-4H2,2H3/p+1/b8-6+. The lowest BCUT2D eigenvalue weighted by Gasteiger charge is -2.02. The first-order chi connectivity index (χ1) is 4.26. The maximum absolute atomic E-state index is 8.20. The van der Waals surface area contributed by atoms with E-state index in [1.165, 1.54) is 0 Å². The van der Waals surface area contributed by atoms with E-state index < -0.39 is 0 Å². The van der Waals surface area contributed by atoms with Crippen LogP contribution in [0.4, 0.5) is 0 Å². The number of hydrogen-bond donors (Lipinski definition) is 1. The summed E-state index contributed by atoms with van der Waals surface area (Å²) in [5, 5.41) is 11.3. The Balaban J connectivity index is 3.79. The molecular formula is C6H11ClNO+. The predicted octanol–water partition coefficient (Wildman–Crippen LogP) is 2.26. The Hall–Kier alpha value is -0.370. The SMILES string of the molecule is [CH2+]CC(CC)/C(Cl)=N\O. The molecule has 3 heteroatoms. The van der Waals surface area contributed by atoms with Gasteiger partial charge >= 0.3 is 0 Å². The Bertz CT molecular complexity index is 99.2. The van der Waals surface area contributed by atoms with E-state index in [-0.39, 0.29) is 11.1 Å². The molecule has 0 radical (unpaired) electrons. The van der Waals surface area contributed by atoms with Crippen molar-refractivity contribution in [2.24, 2.45) is 11.1 Å². The molecule has 0 aliphatic heterocycles. The second-order valence-electron chi connectivity index (χ2n) is 1.82. The van der Waals surface area contributed by atoms with Crippen molar-refractivity contribution in [1.82, 2.24) is 0 Å². The third kappa shape index (κ3) is 2.61. The van der Waals surface area contributed by atoms with Gasteiger partial charge in [0.05, 0.1) is 19.3 Å². The van der Waals surface area contributed by atoms with Crippen LogP contribution in [0.1, 0.15) is 19.8 Å². The van der Waals surface area contributed by atoms with Crippen LogP contribution >= 0.6 is 11.6 Å². The van der Waals surface area contributed by atoms with Gasteiger partial charge in [-0.05, 0) is 6.42 Å². The molecule has 0 spiro atoms. The van der Waals surface area contributed by atoms with Crippen molar-refractivity contribution in [3.63, 3.8) is 0 Å². The highest BCUT2D eigenvalue weighted by Gasteiger charge is 2.12. The fraction of sp³-hybridized carbons (Fsp3) is 0.667. The molecule has 0 bridgehead atoms. The Labute approximate surface area is 60.5 Å². The van der Waals surface area contributed by atoms with Gasteiger partial charge < -0.3 is 5.21 Å². The van der Waals surface area contributed by atoms with Gasteiger partial charge in [0.2, 0.25) is 0 Å². The van der Waals surface area contributed by atoms with Crippen molar-refractivity contribution < 1.29 is 5.21 Å². The van der Waals surface area contributed by atoms with E-state index in [1.807, 2.05) is 6.92 Å². The number of rotatable bonds is 3. The average molecular weight is 149 g/mol. The summed E-state index contributed by atoms with van der Waals surface area (Å²) in [7, 11) is 0. The highest BCUT2D eigenvalue weighted by atomic mass is 35.5. The largest absolute Gasteiger partial charge is 0.410 e. The van der Waals surface area contributed by atoms with Gasteiger partial charge in [0.15, 0.2) is 5.17 Å². The molecule has 0 saturated heterocycles. The minimum Gasteiger partial charge on any atom is -0.410 e.